The lowest BCUT2D eigenvalue weighted by Gasteiger charge is -2.49. The normalized spacial score (nSPS) is 40.7. The summed E-state index contributed by atoms with van der Waals surface area (Å²) in [5.74, 6) is 4.49. The summed E-state index contributed by atoms with van der Waals surface area (Å²) in [5.41, 5.74) is 1.16. The molecule has 0 N–H and O–H groups in total. The number of hydrogen-bond donors (Lipinski definition) is 0. The Bertz CT molecular complexity index is 424. The summed E-state index contributed by atoms with van der Waals surface area (Å²) in [6.45, 7) is 17.9. The lowest BCUT2D eigenvalue weighted by molar-refractivity contribution is 0.0149. The lowest BCUT2D eigenvalue weighted by atomic mass is 9.57. The van der Waals surface area contributed by atoms with Crippen LogP contribution in [0.1, 0.15) is 132 Å². The largest absolute Gasteiger partial charge is 0.0654 e. The number of fused-ring (bicyclic) bond motifs is 1. The summed E-state index contributed by atoms with van der Waals surface area (Å²) in [6, 6.07) is 0. The fourth-order valence-electron chi connectivity index (χ4n) is 7.17. The van der Waals surface area contributed by atoms with Crippen LogP contribution in [0.2, 0.25) is 0 Å². The zero-order valence-electron chi connectivity index (χ0n) is 20.1. The monoisotopic (exact) mass is 376 g/mol. The van der Waals surface area contributed by atoms with Gasteiger partial charge in [0.25, 0.3) is 0 Å². The van der Waals surface area contributed by atoms with Gasteiger partial charge >= 0.3 is 0 Å². The maximum Gasteiger partial charge on any atom is -0.0269 e. The van der Waals surface area contributed by atoms with E-state index in [0.717, 1.165) is 29.6 Å². The molecule has 2 saturated carbocycles. The molecule has 0 amide bonds. The molecule has 0 saturated heterocycles. The molecule has 0 heterocycles. The van der Waals surface area contributed by atoms with Crippen LogP contribution in [0.15, 0.2) is 0 Å². The Morgan fingerprint density at radius 1 is 0.815 bits per heavy atom. The molecule has 0 spiro atoms. The maximum absolute atomic E-state index is 2.68. The highest BCUT2D eigenvalue weighted by Crippen LogP contribution is 2.53. The van der Waals surface area contributed by atoms with Gasteiger partial charge in [-0.2, -0.15) is 0 Å². The van der Waals surface area contributed by atoms with Crippen LogP contribution in [0, 0.1) is 40.4 Å². The Kier molecular flexibility index (Phi) is 8.76. The number of hydrogen-bond acceptors (Lipinski definition) is 0. The van der Waals surface area contributed by atoms with Crippen LogP contribution in [0.25, 0.3) is 0 Å². The molecule has 0 aromatic heterocycles. The van der Waals surface area contributed by atoms with Gasteiger partial charge < -0.3 is 0 Å². The molecule has 160 valence electrons. The Morgan fingerprint density at radius 2 is 1.44 bits per heavy atom. The summed E-state index contributed by atoms with van der Waals surface area (Å²) in [6.07, 6.45) is 19.1. The summed E-state index contributed by atoms with van der Waals surface area (Å²) >= 11 is 0. The smallest absolute Gasteiger partial charge is 0.0269 e. The van der Waals surface area contributed by atoms with Gasteiger partial charge in [-0.25, -0.2) is 0 Å². The first-order chi connectivity index (χ1) is 12.8. The van der Waals surface area contributed by atoms with Crippen LogP contribution in [0.4, 0.5) is 0 Å². The van der Waals surface area contributed by atoms with Crippen molar-refractivity contribution in [1.82, 2.24) is 0 Å². The molecule has 6 unspecified atom stereocenters. The summed E-state index contributed by atoms with van der Waals surface area (Å²) in [7, 11) is 0. The molecule has 27 heavy (non-hydrogen) atoms. The molecule has 2 rings (SSSR count). The highest BCUT2D eigenvalue weighted by Gasteiger charge is 2.42. The van der Waals surface area contributed by atoms with Gasteiger partial charge in [-0.1, -0.05) is 99.8 Å². The van der Waals surface area contributed by atoms with Crippen molar-refractivity contribution in [2.75, 3.05) is 0 Å². The highest BCUT2D eigenvalue weighted by atomic mass is 14.5. The third kappa shape index (κ3) is 5.33. The molecule has 0 radical (unpaired) electrons. The molecule has 0 nitrogen and oxygen atoms in total. The molecule has 0 aromatic rings. The Hall–Kier alpha value is 0. The van der Waals surface area contributed by atoms with E-state index in [9.17, 15) is 0 Å². The minimum Gasteiger partial charge on any atom is -0.0654 e. The van der Waals surface area contributed by atoms with Crippen LogP contribution in [0.3, 0.4) is 0 Å². The van der Waals surface area contributed by atoms with Crippen molar-refractivity contribution >= 4 is 0 Å². The first-order valence-corrected chi connectivity index (χ1v) is 12.8. The Balaban J connectivity index is 2.21. The zero-order chi connectivity index (χ0) is 20.1. The van der Waals surface area contributed by atoms with Crippen molar-refractivity contribution in [3.05, 3.63) is 0 Å². The van der Waals surface area contributed by atoms with Crippen molar-refractivity contribution in [1.29, 1.82) is 0 Å². The van der Waals surface area contributed by atoms with E-state index in [1.165, 1.54) is 83.5 Å². The molecule has 0 aromatic carbocycles. The minimum atomic E-state index is 0.538. The fraction of sp³-hybridized carbons (Fsp3) is 1.00. The first-order valence-electron chi connectivity index (χ1n) is 12.8. The average Bonchev–Trinajstić information content (AvgIpc) is 2.63. The van der Waals surface area contributed by atoms with E-state index in [1.54, 1.807) is 0 Å². The van der Waals surface area contributed by atoms with Crippen molar-refractivity contribution in [3.63, 3.8) is 0 Å². The molecule has 2 aliphatic rings. The van der Waals surface area contributed by atoms with Gasteiger partial charge in [-0.15, -0.1) is 0 Å². The second-order valence-corrected chi connectivity index (χ2v) is 11.6. The van der Waals surface area contributed by atoms with Crippen molar-refractivity contribution in [2.24, 2.45) is 40.4 Å². The molecule has 0 heteroatoms. The van der Waals surface area contributed by atoms with E-state index in [0.29, 0.717) is 10.8 Å². The van der Waals surface area contributed by atoms with Crippen LogP contribution < -0.4 is 0 Å². The van der Waals surface area contributed by atoms with Crippen LogP contribution in [0.5, 0.6) is 0 Å². The lowest BCUT2D eigenvalue weighted by Crippen LogP contribution is -2.39. The summed E-state index contributed by atoms with van der Waals surface area (Å²) < 4.78 is 0. The molecule has 6 atom stereocenters. The van der Waals surface area contributed by atoms with Crippen molar-refractivity contribution in [3.8, 4) is 0 Å². The van der Waals surface area contributed by atoms with E-state index in [4.69, 9.17) is 0 Å². The quantitative estimate of drug-likeness (QED) is 0.458. The van der Waals surface area contributed by atoms with Gasteiger partial charge in [0.15, 0.2) is 0 Å². The van der Waals surface area contributed by atoms with Crippen LogP contribution in [-0.4, -0.2) is 0 Å². The van der Waals surface area contributed by atoms with E-state index >= 15 is 0 Å². The number of rotatable bonds is 4. The van der Waals surface area contributed by atoms with Gasteiger partial charge in [0.1, 0.15) is 0 Å². The standard InChI is InChI=1S/C27H52/c1-8-14-24-16-9-10-17-25-18-11-12-19-26(25,6)22(4)15-13-20-27(24,7)23(5)21(2)3/h21-25H,8-20H2,1-7H3. The predicted octanol–water partition coefficient (Wildman–Crippen LogP) is 9.28. The first kappa shape index (κ1) is 23.3. The second kappa shape index (κ2) is 10.2. The van der Waals surface area contributed by atoms with Gasteiger partial charge in [0.2, 0.25) is 0 Å². The zero-order valence-corrected chi connectivity index (χ0v) is 20.1. The third-order valence-electron chi connectivity index (χ3n) is 9.89. The highest BCUT2D eigenvalue weighted by molar-refractivity contribution is 4.93. The molecule has 2 aliphatic carbocycles. The molecule has 2 fully saturated rings. The van der Waals surface area contributed by atoms with Gasteiger partial charge in [0.05, 0.1) is 0 Å². The van der Waals surface area contributed by atoms with Crippen molar-refractivity contribution in [2.45, 2.75) is 132 Å². The Morgan fingerprint density at radius 3 is 2.07 bits per heavy atom. The van der Waals surface area contributed by atoms with Crippen LogP contribution in [-0.2, 0) is 0 Å². The molecular formula is C27H52. The van der Waals surface area contributed by atoms with E-state index < -0.39 is 0 Å². The molecule has 0 bridgehead atoms. The van der Waals surface area contributed by atoms with Crippen LogP contribution >= 0.6 is 0 Å². The average molecular weight is 377 g/mol. The topological polar surface area (TPSA) is 0 Å². The van der Waals surface area contributed by atoms with E-state index in [1.807, 2.05) is 0 Å². The van der Waals surface area contributed by atoms with Gasteiger partial charge in [-0.3, -0.25) is 0 Å². The maximum atomic E-state index is 2.68. The minimum absolute atomic E-state index is 0.538. The Labute approximate surface area is 172 Å². The molecule has 0 aliphatic heterocycles. The third-order valence-corrected chi connectivity index (χ3v) is 9.89. The fourth-order valence-corrected chi connectivity index (χ4v) is 7.17. The summed E-state index contributed by atoms with van der Waals surface area (Å²) in [4.78, 5) is 0. The second-order valence-electron chi connectivity index (χ2n) is 11.6. The van der Waals surface area contributed by atoms with Crippen molar-refractivity contribution < 1.29 is 0 Å². The predicted molar refractivity (Wildman–Crippen MR) is 122 cm³/mol. The molecular weight excluding hydrogens is 324 g/mol. The van der Waals surface area contributed by atoms with E-state index in [2.05, 4.69) is 48.5 Å². The van der Waals surface area contributed by atoms with Gasteiger partial charge in [-0.05, 0) is 72.5 Å². The van der Waals surface area contributed by atoms with E-state index in [-0.39, 0.29) is 0 Å². The van der Waals surface area contributed by atoms with Gasteiger partial charge in [0, 0.05) is 0 Å². The SMILES string of the molecule is CCCC1CCCCC2CCCCC2(C)C(C)CCCC1(C)C(C)C(C)C. The summed E-state index contributed by atoms with van der Waals surface area (Å²) in [5, 5.41) is 0.